The Hall–Kier alpha value is -2.83. The second kappa shape index (κ2) is 8.13. The number of fused-ring (bicyclic) bond motifs is 3. The molecule has 7 heteroatoms. The zero-order chi connectivity index (χ0) is 20.5. The van der Waals surface area contributed by atoms with Crippen LogP contribution in [-0.4, -0.2) is 32.5 Å². The maximum atomic E-state index is 13.9. The Morgan fingerprint density at radius 3 is 2.67 bits per heavy atom. The molecule has 1 aliphatic heterocycles. The molecule has 1 atom stereocenters. The summed E-state index contributed by atoms with van der Waals surface area (Å²) in [6.07, 6.45) is 6.57. The van der Waals surface area contributed by atoms with Crippen LogP contribution in [0, 0.1) is 11.7 Å². The molecule has 5 nitrogen and oxygen atoms in total. The van der Waals surface area contributed by atoms with Gasteiger partial charge in [-0.2, -0.15) is 0 Å². The van der Waals surface area contributed by atoms with Gasteiger partial charge in [0.15, 0.2) is 0 Å². The quantitative estimate of drug-likeness (QED) is 0.631. The van der Waals surface area contributed by atoms with Gasteiger partial charge in [-0.1, -0.05) is 6.07 Å². The van der Waals surface area contributed by atoms with Crippen molar-refractivity contribution in [3.63, 3.8) is 0 Å². The molecule has 0 amide bonds. The molecule has 1 unspecified atom stereocenters. The van der Waals surface area contributed by atoms with Gasteiger partial charge in [-0.15, -0.1) is 10.2 Å². The number of pyridine rings is 1. The van der Waals surface area contributed by atoms with Crippen molar-refractivity contribution in [1.82, 2.24) is 19.7 Å². The van der Waals surface area contributed by atoms with E-state index >= 15 is 0 Å². The molecule has 3 aromatic rings. The fourth-order valence-corrected chi connectivity index (χ4v) is 4.70. The molecule has 5 rings (SSSR count). The first-order valence-electron chi connectivity index (χ1n) is 10.6. The summed E-state index contributed by atoms with van der Waals surface area (Å²) in [5.41, 5.74) is 1.71. The molecule has 30 heavy (non-hydrogen) atoms. The second-order valence-electron chi connectivity index (χ2n) is 8.27. The van der Waals surface area contributed by atoms with Crippen LogP contribution in [0.2, 0.25) is 0 Å². The standard InChI is InChI=1S/C23H24F2N4O/c24-14-15-11-17-13-18(25)6-9-20(17)29-21(12-15)27-28-23(29)16-4-7-19(8-5-16)30-22-3-1-2-10-26-22/h1-3,6,9-10,13,15-16,19H,4-5,7-8,11-12,14H2. The molecule has 0 spiro atoms. The Morgan fingerprint density at radius 2 is 1.90 bits per heavy atom. The summed E-state index contributed by atoms with van der Waals surface area (Å²) in [7, 11) is 0. The van der Waals surface area contributed by atoms with E-state index in [2.05, 4.69) is 19.7 Å². The van der Waals surface area contributed by atoms with Crippen molar-refractivity contribution in [2.75, 3.05) is 6.67 Å². The highest BCUT2D eigenvalue weighted by atomic mass is 19.1. The van der Waals surface area contributed by atoms with Crippen LogP contribution >= 0.6 is 0 Å². The van der Waals surface area contributed by atoms with Crippen molar-refractivity contribution in [3.05, 3.63) is 65.6 Å². The Balaban J connectivity index is 1.39. The lowest BCUT2D eigenvalue weighted by molar-refractivity contribution is 0.139. The number of ether oxygens (including phenoxy) is 1. The van der Waals surface area contributed by atoms with E-state index in [0.717, 1.165) is 48.6 Å². The molecule has 1 fully saturated rings. The van der Waals surface area contributed by atoms with Crippen molar-refractivity contribution in [2.24, 2.45) is 5.92 Å². The molecule has 3 heterocycles. The van der Waals surface area contributed by atoms with Crippen molar-refractivity contribution < 1.29 is 13.5 Å². The number of aromatic nitrogens is 4. The van der Waals surface area contributed by atoms with Crippen molar-refractivity contribution >= 4 is 0 Å². The molecule has 2 aliphatic rings. The zero-order valence-electron chi connectivity index (χ0n) is 16.7. The maximum Gasteiger partial charge on any atom is 0.213 e. The maximum absolute atomic E-state index is 13.9. The third kappa shape index (κ3) is 3.68. The summed E-state index contributed by atoms with van der Waals surface area (Å²) in [6, 6.07) is 10.4. The lowest BCUT2D eigenvalue weighted by Crippen LogP contribution is -2.25. The van der Waals surface area contributed by atoms with Crippen LogP contribution in [0.15, 0.2) is 42.6 Å². The summed E-state index contributed by atoms with van der Waals surface area (Å²) >= 11 is 0. The number of alkyl halides is 1. The van der Waals surface area contributed by atoms with E-state index in [9.17, 15) is 8.78 Å². The molecule has 1 aromatic carbocycles. The largest absolute Gasteiger partial charge is 0.474 e. The number of nitrogens with zero attached hydrogens (tertiary/aromatic N) is 4. The lowest BCUT2D eigenvalue weighted by atomic mass is 9.86. The summed E-state index contributed by atoms with van der Waals surface area (Å²) < 4.78 is 35.5. The van der Waals surface area contributed by atoms with Crippen LogP contribution in [0.25, 0.3) is 5.69 Å². The van der Waals surface area contributed by atoms with E-state index in [-0.39, 0.29) is 23.8 Å². The van der Waals surface area contributed by atoms with Gasteiger partial charge < -0.3 is 4.74 Å². The van der Waals surface area contributed by atoms with Gasteiger partial charge >= 0.3 is 0 Å². The number of benzene rings is 1. The molecule has 0 radical (unpaired) electrons. The first kappa shape index (κ1) is 19.2. The van der Waals surface area contributed by atoms with E-state index in [0.29, 0.717) is 18.7 Å². The highest BCUT2D eigenvalue weighted by molar-refractivity contribution is 5.45. The molecular weight excluding hydrogens is 386 g/mol. The van der Waals surface area contributed by atoms with E-state index < -0.39 is 6.67 Å². The molecule has 1 saturated carbocycles. The fraction of sp³-hybridized carbons (Fsp3) is 0.435. The Bertz CT molecular complexity index is 1020. The molecule has 0 saturated heterocycles. The van der Waals surface area contributed by atoms with Gasteiger partial charge in [-0.05, 0) is 67.9 Å². The van der Waals surface area contributed by atoms with E-state index in [1.807, 2.05) is 18.2 Å². The van der Waals surface area contributed by atoms with Crippen LogP contribution in [0.4, 0.5) is 8.78 Å². The molecule has 2 aromatic heterocycles. The normalized spacial score (nSPS) is 23.3. The second-order valence-corrected chi connectivity index (χ2v) is 8.27. The molecule has 1 aliphatic carbocycles. The van der Waals surface area contributed by atoms with Gasteiger partial charge in [0.05, 0.1) is 12.4 Å². The van der Waals surface area contributed by atoms with Crippen LogP contribution in [-0.2, 0) is 12.8 Å². The predicted molar refractivity (Wildman–Crippen MR) is 108 cm³/mol. The predicted octanol–water partition coefficient (Wildman–Crippen LogP) is 4.59. The first-order chi connectivity index (χ1) is 14.7. The molecular formula is C23H24F2N4O. The van der Waals surface area contributed by atoms with Gasteiger partial charge in [0, 0.05) is 24.6 Å². The fourth-order valence-electron chi connectivity index (χ4n) is 4.70. The minimum absolute atomic E-state index is 0.139. The van der Waals surface area contributed by atoms with Gasteiger partial charge in [-0.3, -0.25) is 8.96 Å². The summed E-state index contributed by atoms with van der Waals surface area (Å²) in [5.74, 6) is 2.07. The van der Waals surface area contributed by atoms with Crippen LogP contribution in [0.3, 0.4) is 0 Å². The van der Waals surface area contributed by atoms with Crippen molar-refractivity contribution in [3.8, 4) is 11.6 Å². The van der Waals surface area contributed by atoms with Gasteiger partial charge in [0.2, 0.25) is 5.88 Å². The van der Waals surface area contributed by atoms with Crippen LogP contribution < -0.4 is 4.74 Å². The topological polar surface area (TPSA) is 52.8 Å². The van der Waals surface area contributed by atoms with Crippen molar-refractivity contribution in [1.29, 1.82) is 0 Å². The van der Waals surface area contributed by atoms with Crippen LogP contribution in [0.1, 0.15) is 48.8 Å². The number of hydrogen-bond donors (Lipinski definition) is 0. The highest BCUT2D eigenvalue weighted by Gasteiger charge is 2.31. The smallest absolute Gasteiger partial charge is 0.213 e. The molecule has 156 valence electrons. The summed E-state index contributed by atoms with van der Waals surface area (Å²) in [6.45, 7) is -0.450. The Morgan fingerprint density at radius 1 is 1.03 bits per heavy atom. The Labute approximate surface area is 174 Å². The summed E-state index contributed by atoms with van der Waals surface area (Å²) in [4.78, 5) is 4.25. The minimum Gasteiger partial charge on any atom is -0.474 e. The minimum atomic E-state index is -0.450. The van der Waals surface area contributed by atoms with E-state index in [4.69, 9.17) is 4.74 Å². The van der Waals surface area contributed by atoms with Gasteiger partial charge in [-0.25, -0.2) is 9.37 Å². The monoisotopic (exact) mass is 410 g/mol. The average Bonchev–Trinajstić information content (AvgIpc) is 3.11. The van der Waals surface area contributed by atoms with Gasteiger partial charge in [0.25, 0.3) is 0 Å². The van der Waals surface area contributed by atoms with Gasteiger partial charge in [0.1, 0.15) is 23.6 Å². The number of rotatable bonds is 4. The Kier molecular flexibility index (Phi) is 5.19. The summed E-state index contributed by atoms with van der Waals surface area (Å²) in [5, 5.41) is 8.92. The molecule has 0 bridgehead atoms. The average molecular weight is 410 g/mol. The number of halogens is 2. The van der Waals surface area contributed by atoms with Crippen molar-refractivity contribution in [2.45, 2.75) is 50.5 Å². The number of hydrogen-bond acceptors (Lipinski definition) is 4. The zero-order valence-corrected chi connectivity index (χ0v) is 16.7. The first-order valence-corrected chi connectivity index (χ1v) is 10.6. The van der Waals surface area contributed by atoms with E-state index in [1.165, 1.54) is 12.1 Å². The SMILES string of the molecule is FCC1Cc2cc(F)ccc2-n2c(nnc2C2CCC(Oc3ccccn3)CC2)C1. The molecule has 0 N–H and O–H groups in total. The third-order valence-electron chi connectivity index (χ3n) is 6.20. The highest BCUT2D eigenvalue weighted by Crippen LogP contribution is 2.37. The lowest BCUT2D eigenvalue weighted by Gasteiger charge is -2.28. The van der Waals surface area contributed by atoms with E-state index in [1.54, 1.807) is 12.3 Å². The third-order valence-corrected chi connectivity index (χ3v) is 6.20. The van der Waals surface area contributed by atoms with Crippen LogP contribution in [0.5, 0.6) is 5.88 Å².